The van der Waals surface area contributed by atoms with Crippen LogP contribution in [0.3, 0.4) is 0 Å². The van der Waals surface area contributed by atoms with Gasteiger partial charge in [0.25, 0.3) is 17.6 Å². The summed E-state index contributed by atoms with van der Waals surface area (Å²) in [7, 11) is 0. The van der Waals surface area contributed by atoms with Crippen molar-refractivity contribution in [2.24, 2.45) is 0 Å². The van der Waals surface area contributed by atoms with E-state index in [9.17, 15) is 23.6 Å². The molecule has 1 atom stereocenters. The molecule has 0 aliphatic carbocycles. The number of halogens is 1. The number of benzene rings is 4. The summed E-state index contributed by atoms with van der Waals surface area (Å²) < 4.78 is 25.7. The normalized spacial score (nSPS) is 14.0. The van der Waals surface area contributed by atoms with E-state index < -0.39 is 41.9 Å². The first-order chi connectivity index (χ1) is 20.8. The standard InChI is InChI=1S/C33H26FN3O6/c1-20-10-12-21(13-11-20)30(32(40)35-23-14-15-27-28(16-23)43-19-42-27)37(17-22-6-2-4-8-25(22)34)29(38)18-36-26-9-5-3-7-24(26)31(39)33(36)41/h2-16,30H,17-19H2,1H3,(H,35,40). The van der Waals surface area contributed by atoms with Gasteiger partial charge in [0.1, 0.15) is 18.4 Å². The highest BCUT2D eigenvalue weighted by Gasteiger charge is 2.39. The molecule has 0 saturated carbocycles. The van der Waals surface area contributed by atoms with Gasteiger partial charge in [-0.05, 0) is 42.8 Å². The third-order valence-electron chi connectivity index (χ3n) is 7.38. The molecule has 43 heavy (non-hydrogen) atoms. The zero-order chi connectivity index (χ0) is 30.1. The molecule has 1 unspecified atom stereocenters. The zero-order valence-electron chi connectivity index (χ0n) is 23.1. The number of para-hydroxylation sites is 1. The largest absolute Gasteiger partial charge is 0.454 e. The minimum atomic E-state index is -1.23. The lowest BCUT2D eigenvalue weighted by atomic mass is 10.0. The lowest BCUT2D eigenvalue weighted by Crippen LogP contribution is -2.46. The van der Waals surface area contributed by atoms with Gasteiger partial charge < -0.3 is 19.7 Å². The number of Topliss-reactive ketones (excluding diaryl/α,β-unsaturated/α-hetero) is 1. The van der Waals surface area contributed by atoms with Gasteiger partial charge in [-0.3, -0.25) is 24.1 Å². The topological polar surface area (TPSA) is 105 Å². The maximum Gasteiger partial charge on any atom is 0.299 e. The van der Waals surface area contributed by atoms with Gasteiger partial charge in [0.15, 0.2) is 11.5 Å². The van der Waals surface area contributed by atoms with Crippen LogP contribution in [0.5, 0.6) is 11.5 Å². The van der Waals surface area contributed by atoms with Crippen molar-refractivity contribution in [3.8, 4) is 11.5 Å². The van der Waals surface area contributed by atoms with Gasteiger partial charge in [0.05, 0.1) is 11.3 Å². The number of anilines is 2. The quantitative estimate of drug-likeness (QED) is 0.301. The van der Waals surface area contributed by atoms with Crippen LogP contribution < -0.4 is 19.7 Å². The maximum atomic E-state index is 14.9. The summed E-state index contributed by atoms with van der Waals surface area (Å²) in [5.41, 5.74) is 2.47. The number of aryl methyl sites for hydroxylation is 1. The van der Waals surface area contributed by atoms with Gasteiger partial charge in [-0.15, -0.1) is 0 Å². The van der Waals surface area contributed by atoms with E-state index in [0.717, 1.165) is 10.5 Å². The number of nitrogens with one attached hydrogen (secondary N) is 1. The molecule has 0 bridgehead atoms. The molecule has 10 heteroatoms. The molecule has 0 aromatic heterocycles. The number of ketones is 1. The van der Waals surface area contributed by atoms with Crippen LogP contribution in [0.15, 0.2) is 91.0 Å². The monoisotopic (exact) mass is 579 g/mol. The van der Waals surface area contributed by atoms with Crippen molar-refractivity contribution in [2.45, 2.75) is 19.5 Å². The molecule has 9 nitrogen and oxygen atoms in total. The Balaban J connectivity index is 1.39. The van der Waals surface area contributed by atoms with Gasteiger partial charge in [0, 0.05) is 23.9 Å². The highest BCUT2D eigenvalue weighted by Crippen LogP contribution is 2.35. The second kappa shape index (κ2) is 11.4. The number of fused-ring (bicyclic) bond motifs is 2. The summed E-state index contributed by atoms with van der Waals surface area (Å²) in [6.07, 6.45) is 0. The molecule has 0 radical (unpaired) electrons. The van der Waals surface area contributed by atoms with E-state index in [2.05, 4.69) is 5.32 Å². The molecule has 0 spiro atoms. The average molecular weight is 580 g/mol. The van der Waals surface area contributed by atoms with E-state index in [1.54, 1.807) is 66.7 Å². The van der Waals surface area contributed by atoms with Gasteiger partial charge in [0.2, 0.25) is 12.7 Å². The lowest BCUT2D eigenvalue weighted by molar-refractivity contribution is -0.139. The summed E-state index contributed by atoms with van der Waals surface area (Å²) in [4.78, 5) is 56.1. The van der Waals surface area contributed by atoms with Gasteiger partial charge >= 0.3 is 0 Å². The van der Waals surface area contributed by atoms with Gasteiger partial charge in [-0.25, -0.2) is 4.39 Å². The Morgan fingerprint density at radius 1 is 0.930 bits per heavy atom. The molecule has 0 saturated heterocycles. The number of hydrogen-bond donors (Lipinski definition) is 1. The smallest absolute Gasteiger partial charge is 0.299 e. The van der Waals surface area contributed by atoms with Gasteiger partial charge in [-0.1, -0.05) is 60.2 Å². The molecule has 1 N–H and O–H groups in total. The summed E-state index contributed by atoms with van der Waals surface area (Å²) >= 11 is 0. The van der Waals surface area contributed by atoms with Crippen LogP contribution in [0.25, 0.3) is 0 Å². The third-order valence-corrected chi connectivity index (χ3v) is 7.38. The Hall–Kier alpha value is -5.51. The Kier molecular flexibility index (Phi) is 7.33. The molecule has 4 aromatic rings. The minimum Gasteiger partial charge on any atom is -0.454 e. The third kappa shape index (κ3) is 5.42. The van der Waals surface area contributed by atoms with Crippen LogP contribution in [0.4, 0.5) is 15.8 Å². The first-order valence-electron chi connectivity index (χ1n) is 13.6. The lowest BCUT2D eigenvalue weighted by Gasteiger charge is -2.33. The Morgan fingerprint density at radius 2 is 1.65 bits per heavy atom. The second-order valence-electron chi connectivity index (χ2n) is 10.2. The zero-order valence-corrected chi connectivity index (χ0v) is 23.1. The predicted octanol–water partition coefficient (Wildman–Crippen LogP) is 4.80. The number of rotatable bonds is 8. The Bertz CT molecular complexity index is 1760. The van der Waals surface area contributed by atoms with E-state index >= 15 is 0 Å². The summed E-state index contributed by atoms with van der Waals surface area (Å²) in [5.74, 6) is -2.37. The summed E-state index contributed by atoms with van der Waals surface area (Å²) in [6, 6.07) is 23.1. The van der Waals surface area contributed by atoms with Crippen LogP contribution in [0, 0.1) is 12.7 Å². The van der Waals surface area contributed by atoms with E-state index in [0.29, 0.717) is 28.4 Å². The second-order valence-corrected chi connectivity index (χ2v) is 10.2. The fourth-order valence-electron chi connectivity index (χ4n) is 5.17. The van der Waals surface area contributed by atoms with Crippen molar-refractivity contribution in [1.82, 2.24) is 4.90 Å². The van der Waals surface area contributed by atoms with Crippen molar-refractivity contribution in [3.05, 3.63) is 119 Å². The predicted molar refractivity (Wildman–Crippen MR) is 155 cm³/mol. The molecule has 6 rings (SSSR count). The van der Waals surface area contributed by atoms with E-state index in [-0.39, 0.29) is 24.5 Å². The fraction of sp³-hybridized carbons (Fsp3) is 0.152. The summed E-state index contributed by atoms with van der Waals surface area (Å²) in [6.45, 7) is 1.14. The number of hydrogen-bond acceptors (Lipinski definition) is 6. The van der Waals surface area contributed by atoms with Crippen molar-refractivity contribution < 1.29 is 33.0 Å². The van der Waals surface area contributed by atoms with Crippen molar-refractivity contribution in [1.29, 1.82) is 0 Å². The number of amides is 3. The van der Waals surface area contributed by atoms with Crippen LogP contribution >= 0.6 is 0 Å². The first kappa shape index (κ1) is 27.6. The summed E-state index contributed by atoms with van der Waals surface area (Å²) in [5, 5.41) is 2.85. The maximum absolute atomic E-state index is 14.9. The Morgan fingerprint density at radius 3 is 2.44 bits per heavy atom. The van der Waals surface area contributed by atoms with Crippen LogP contribution in [-0.4, -0.2) is 41.7 Å². The average Bonchev–Trinajstić information content (AvgIpc) is 3.57. The van der Waals surface area contributed by atoms with Crippen molar-refractivity contribution >= 4 is 34.9 Å². The van der Waals surface area contributed by atoms with Crippen LogP contribution in [0.1, 0.15) is 33.1 Å². The number of nitrogens with zero attached hydrogens (tertiary/aromatic N) is 2. The fourth-order valence-corrected chi connectivity index (χ4v) is 5.17. The molecule has 2 heterocycles. The molecule has 0 fully saturated rings. The highest BCUT2D eigenvalue weighted by atomic mass is 19.1. The minimum absolute atomic E-state index is 0.0600. The van der Waals surface area contributed by atoms with Crippen molar-refractivity contribution in [2.75, 3.05) is 23.6 Å². The number of ether oxygens (including phenoxy) is 2. The van der Waals surface area contributed by atoms with E-state index in [4.69, 9.17) is 9.47 Å². The number of carbonyl (C=O) groups excluding carboxylic acids is 4. The molecule has 2 aliphatic rings. The van der Waals surface area contributed by atoms with E-state index in [1.165, 1.54) is 29.2 Å². The van der Waals surface area contributed by atoms with Crippen molar-refractivity contribution in [3.63, 3.8) is 0 Å². The van der Waals surface area contributed by atoms with Gasteiger partial charge in [-0.2, -0.15) is 0 Å². The molecular formula is C33H26FN3O6. The Labute approximate surface area is 246 Å². The van der Waals surface area contributed by atoms with Crippen LogP contribution in [0.2, 0.25) is 0 Å². The SMILES string of the molecule is Cc1ccc(C(C(=O)Nc2ccc3c(c2)OCO3)N(Cc2ccccc2F)C(=O)CN2C(=O)C(=O)c3ccccc32)cc1. The molecule has 4 aromatic carbocycles. The molecule has 216 valence electrons. The first-order valence-corrected chi connectivity index (χ1v) is 13.6. The van der Waals surface area contributed by atoms with E-state index in [1.807, 2.05) is 6.92 Å². The molecule has 3 amide bonds. The molecule has 2 aliphatic heterocycles. The number of carbonyl (C=O) groups is 4. The highest BCUT2D eigenvalue weighted by molar-refractivity contribution is 6.52. The van der Waals surface area contributed by atoms with Crippen LogP contribution in [-0.2, 0) is 20.9 Å². The molecular weight excluding hydrogens is 553 g/mol.